The molecule has 0 saturated heterocycles. The molecule has 2 aromatic rings. The van der Waals surface area contributed by atoms with Crippen LogP contribution in [0.1, 0.15) is 11.5 Å². The number of aryl methyl sites for hydroxylation is 1. The maximum atomic E-state index is 10.9. The number of anilines is 1. The van der Waals surface area contributed by atoms with Gasteiger partial charge in [-0.15, -0.1) is 0 Å². The molecule has 0 unspecified atom stereocenters. The lowest BCUT2D eigenvalue weighted by Gasteiger charge is -2.08. The average molecular weight is 324 g/mol. The molecule has 7 nitrogen and oxygen atoms in total. The van der Waals surface area contributed by atoms with Crippen molar-refractivity contribution in [1.29, 1.82) is 0 Å². The van der Waals surface area contributed by atoms with Crippen molar-refractivity contribution >= 4 is 27.3 Å². The van der Waals surface area contributed by atoms with Crippen LogP contribution in [0.5, 0.6) is 0 Å². The van der Waals surface area contributed by atoms with Gasteiger partial charge in [0.2, 0.25) is 0 Å². The molecule has 2 heterocycles. The summed E-state index contributed by atoms with van der Waals surface area (Å²) in [4.78, 5) is 22.4. The lowest BCUT2D eigenvalue weighted by molar-refractivity contribution is -0.384. The molecule has 0 aliphatic carbocycles. The van der Waals surface area contributed by atoms with Crippen molar-refractivity contribution in [2.24, 2.45) is 0 Å². The number of aromatic nitrogens is 3. The second kappa shape index (κ2) is 5.70. The Bertz CT molecular complexity index is 620. The van der Waals surface area contributed by atoms with Crippen LogP contribution < -0.4 is 5.32 Å². The monoisotopic (exact) mass is 323 g/mol. The number of halogens is 1. The van der Waals surface area contributed by atoms with Crippen LogP contribution in [-0.4, -0.2) is 19.9 Å². The van der Waals surface area contributed by atoms with Gasteiger partial charge in [-0.2, -0.15) is 0 Å². The maximum Gasteiger partial charge on any atom is 0.311 e. The number of hydrogen-bond acceptors (Lipinski definition) is 6. The zero-order valence-electron chi connectivity index (χ0n) is 10.00. The molecule has 98 valence electrons. The van der Waals surface area contributed by atoms with Crippen molar-refractivity contribution in [1.82, 2.24) is 15.0 Å². The molecule has 0 aromatic carbocycles. The number of nitro groups is 1. The van der Waals surface area contributed by atoms with E-state index in [1.807, 2.05) is 0 Å². The highest BCUT2D eigenvalue weighted by Gasteiger charge is 2.17. The van der Waals surface area contributed by atoms with Gasteiger partial charge in [-0.1, -0.05) is 0 Å². The zero-order valence-corrected chi connectivity index (χ0v) is 11.6. The minimum Gasteiger partial charge on any atom is -0.373 e. The summed E-state index contributed by atoms with van der Waals surface area (Å²) >= 11 is 3.24. The van der Waals surface area contributed by atoms with E-state index in [1.54, 1.807) is 19.2 Å². The van der Waals surface area contributed by atoms with Crippen LogP contribution in [-0.2, 0) is 6.54 Å². The Hall–Kier alpha value is -2.09. The second-order valence-corrected chi connectivity index (χ2v) is 4.58. The van der Waals surface area contributed by atoms with Crippen LogP contribution in [0.2, 0.25) is 0 Å². The van der Waals surface area contributed by atoms with E-state index in [-0.39, 0.29) is 5.69 Å². The molecular formula is C11H10BrN5O2. The van der Waals surface area contributed by atoms with Crippen molar-refractivity contribution in [2.45, 2.75) is 13.5 Å². The third-order valence-electron chi connectivity index (χ3n) is 2.36. The molecular weight excluding hydrogens is 314 g/mol. The molecule has 0 fully saturated rings. The molecule has 0 atom stereocenters. The van der Waals surface area contributed by atoms with Crippen molar-refractivity contribution in [3.8, 4) is 0 Å². The summed E-state index contributed by atoms with van der Waals surface area (Å²) in [6.45, 7) is 2.15. The number of pyridine rings is 1. The first kappa shape index (κ1) is 13.3. The van der Waals surface area contributed by atoms with Crippen molar-refractivity contribution in [2.75, 3.05) is 5.32 Å². The van der Waals surface area contributed by atoms with Gasteiger partial charge in [-0.05, 0) is 28.9 Å². The number of rotatable bonds is 4. The van der Waals surface area contributed by atoms with Crippen LogP contribution in [0.3, 0.4) is 0 Å². The van der Waals surface area contributed by atoms with Gasteiger partial charge in [0.05, 0.1) is 21.6 Å². The van der Waals surface area contributed by atoms with E-state index in [4.69, 9.17) is 0 Å². The summed E-state index contributed by atoms with van der Waals surface area (Å²) < 4.78 is 0.535. The molecule has 0 bridgehead atoms. The van der Waals surface area contributed by atoms with Crippen LogP contribution in [0.25, 0.3) is 0 Å². The van der Waals surface area contributed by atoms with Gasteiger partial charge in [-0.25, -0.2) is 9.97 Å². The molecule has 0 aliphatic heterocycles. The molecule has 2 aromatic heterocycles. The first-order valence-corrected chi connectivity index (χ1v) is 6.17. The fourth-order valence-electron chi connectivity index (χ4n) is 1.52. The van der Waals surface area contributed by atoms with E-state index in [2.05, 4.69) is 36.2 Å². The molecule has 2 rings (SSSR count). The number of nitrogens with zero attached hydrogens (tertiary/aromatic N) is 4. The average Bonchev–Trinajstić information content (AvgIpc) is 2.37. The predicted molar refractivity (Wildman–Crippen MR) is 72.7 cm³/mol. The molecule has 0 saturated carbocycles. The SMILES string of the molecule is Cc1nccc(CNc2c(Br)cncc2[N+](=O)[O-])n1. The molecule has 0 spiro atoms. The Morgan fingerprint density at radius 1 is 1.47 bits per heavy atom. The smallest absolute Gasteiger partial charge is 0.311 e. The van der Waals surface area contributed by atoms with Gasteiger partial charge in [0.1, 0.15) is 17.7 Å². The van der Waals surface area contributed by atoms with E-state index < -0.39 is 4.92 Å². The van der Waals surface area contributed by atoms with Crippen LogP contribution in [0, 0.1) is 17.0 Å². The Kier molecular flexibility index (Phi) is 4.00. The molecule has 1 N–H and O–H groups in total. The summed E-state index contributed by atoms with van der Waals surface area (Å²) in [6.07, 6.45) is 4.36. The highest BCUT2D eigenvalue weighted by molar-refractivity contribution is 9.10. The van der Waals surface area contributed by atoms with Crippen molar-refractivity contribution < 1.29 is 4.92 Å². The molecule has 19 heavy (non-hydrogen) atoms. The minimum atomic E-state index is -0.481. The maximum absolute atomic E-state index is 10.9. The Morgan fingerprint density at radius 2 is 2.26 bits per heavy atom. The third-order valence-corrected chi connectivity index (χ3v) is 2.96. The highest BCUT2D eigenvalue weighted by atomic mass is 79.9. The fourth-order valence-corrected chi connectivity index (χ4v) is 1.98. The van der Waals surface area contributed by atoms with Gasteiger partial charge in [-0.3, -0.25) is 15.1 Å². The first-order chi connectivity index (χ1) is 9.08. The summed E-state index contributed by atoms with van der Waals surface area (Å²) in [7, 11) is 0. The third kappa shape index (κ3) is 3.22. The number of hydrogen-bond donors (Lipinski definition) is 1. The van der Waals surface area contributed by atoms with Crippen LogP contribution in [0.4, 0.5) is 11.4 Å². The Labute approximate surface area is 117 Å². The van der Waals surface area contributed by atoms with E-state index in [9.17, 15) is 10.1 Å². The van der Waals surface area contributed by atoms with Gasteiger partial charge in [0, 0.05) is 12.4 Å². The quantitative estimate of drug-likeness (QED) is 0.686. The Balaban J connectivity index is 2.22. The molecule has 8 heteroatoms. The molecule has 0 aliphatic rings. The topological polar surface area (TPSA) is 93.8 Å². The van der Waals surface area contributed by atoms with Gasteiger partial charge >= 0.3 is 5.69 Å². The van der Waals surface area contributed by atoms with E-state index in [0.29, 0.717) is 22.5 Å². The standard InChI is InChI=1S/C11H10BrN5O2/c1-7-14-3-2-8(16-7)4-15-11-9(12)5-13-6-10(11)17(18)19/h2-3,5-6H,4H2,1H3,(H,13,15). The molecule has 0 radical (unpaired) electrons. The van der Waals surface area contributed by atoms with Gasteiger partial charge < -0.3 is 5.32 Å². The predicted octanol–water partition coefficient (Wildman–Crippen LogP) is 2.46. The summed E-state index contributed by atoms with van der Waals surface area (Å²) in [5, 5.41) is 13.9. The first-order valence-electron chi connectivity index (χ1n) is 5.38. The summed E-state index contributed by atoms with van der Waals surface area (Å²) in [6, 6.07) is 1.75. The lowest BCUT2D eigenvalue weighted by atomic mass is 10.3. The normalized spacial score (nSPS) is 10.2. The van der Waals surface area contributed by atoms with Crippen LogP contribution >= 0.6 is 15.9 Å². The van der Waals surface area contributed by atoms with Gasteiger partial charge in [0.25, 0.3) is 0 Å². The van der Waals surface area contributed by atoms with Crippen molar-refractivity contribution in [3.63, 3.8) is 0 Å². The highest BCUT2D eigenvalue weighted by Crippen LogP contribution is 2.31. The zero-order chi connectivity index (χ0) is 13.8. The largest absolute Gasteiger partial charge is 0.373 e. The fraction of sp³-hybridized carbons (Fsp3) is 0.182. The summed E-state index contributed by atoms with van der Waals surface area (Å²) in [5.41, 5.74) is 1.06. The van der Waals surface area contributed by atoms with Crippen LogP contribution in [0.15, 0.2) is 29.1 Å². The van der Waals surface area contributed by atoms with E-state index in [0.717, 1.165) is 5.69 Å². The van der Waals surface area contributed by atoms with E-state index >= 15 is 0 Å². The minimum absolute atomic E-state index is 0.0832. The summed E-state index contributed by atoms with van der Waals surface area (Å²) in [5.74, 6) is 0.655. The van der Waals surface area contributed by atoms with E-state index in [1.165, 1.54) is 12.4 Å². The lowest BCUT2D eigenvalue weighted by Crippen LogP contribution is -2.06. The van der Waals surface area contributed by atoms with Crippen molar-refractivity contribution in [3.05, 3.63) is 50.8 Å². The van der Waals surface area contributed by atoms with Gasteiger partial charge in [0.15, 0.2) is 0 Å². The Morgan fingerprint density at radius 3 is 2.95 bits per heavy atom. The second-order valence-electron chi connectivity index (χ2n) is 3.72. The molecule has 0 amide bonds. The number of nitrogens with one attached hydrogen (secondary N) is 1.